The van der Waals surface area contributed by atoms with Gasteiger partial charge in [-0.3, -0.25) is 4.79 Å². The van der Waals surface area contributed by atoms with Crippen LogP contribution in [-0.4, -0.2) is 37.0 Å². The average molecular weight is 250 g/mol. The number of benzene rings is 1. The van der Waals surface area contributed by atoms with Crippen molar-refractivity contribution in [3.05, 3.63) is 35.1 Å². The Bertz CT molecular complexity index is 427. The number of nitrogens with zero attached hydrogens (tertiary/aromatic N) is 1. The van der Waals surface area contributed by atoms with Crippen molar-refractivity contribution in [3.63, 3.8) is 0 Å². The highest BCUT2D eigenvalue weighted by Crippen LogP contribution is 2.20. The Kier molecular flexibility index (Phi) is 3.97. The lowest BCUT2D eigenvalue weighted by Gasteiger charge is -2.24. The van der Waals surface area contributed by atoms with Crippen LogP contribution in [0.2, 0.25) is 0 Å². The molecule has 3 nitrogen and oxygen atoms in total. The third kappa shape index (κ3) is 2.70. The third-order valence-electron chi connectivity index (χ3n) is 3.37. The molecule has 1 amide bonds. The Balaban J connectivity index is 2.19. The minimum atomic E-state index is -0.345. The van der Waals surface area contributed by atoms with Crippen molar-refractivity contribution < 1.29 is 9.18 Å². The number of amides is 1. The third-order valence-corrected chi connectivity index (χ3v) is 3.37. The van der Waals surface area contributed by atoms with Gasteiger partial charge in [-0.05, 0) is 50.6 Å². The molecule has 1 aliphatic heterocycles. The molecule has 0 saturated carbocycles. The normalized spacial score (nSPS) is 19.3. The van der Waals surface area contributed by atoms with E-state index in [2.05, 4.69) is 5.32 Å². The van der Waals surface area contributed by atoms with E-state index >= 15 is 0 Å². The lowest BCUT2D eigenvalue weighted by atomic mass is 10.1. The smallest absolute Gasteiger partial charge is 0.254 e. The summed E-state index contributed by atoms with van der Waals surface area (Å²) >= 11 is 0. The van der Waals surface area contributed by atoms with E-state index in [-0.39, 0.29) is 17.8 Å². The van der Waals surface area contributed by atoms with E-state index in [0.717, 1.165) is 31.5 Å². The second-order valence-corrected chi connectivity index (χ2v) is 4.87. The van der Waals surface area contributed by atoms with Crippen LogP contribution in [0.25, 0.3) is 0 Å². The molecule has 4 heteroatoms. The molecular weight excluding hydrogens is 231 g/mol. The van der Waals surface area contributed by atoms with Crippen molar-refractivity contribution in [2.75, 3.05) is 20.1 Å². The maximum atomic E-state index is 13.3. The van der Waals surface area contributed by atoms with Gasteiger partial charge in [-0.25, -0.2) is 4.39 Å². The van der Waals surface area contributed by atoms with Gasteiger partial charge in [-0.1, -0.05) is 0 Å². The second kappa shape index (κ2) is 5.48. The fourth-order valence-corrected chi connectivity index (χ4v) is 2.58. The van der Waals surface area contributed by atoms with Crippen LogP contribution in [0.1, 0.15) is 28.8 Å². The average Bonchev–Trinajstić information content (AvgIpc) is 2.75. The zero-order valence-electron chi connectivity index (χ0n) is 10.9. The summed E-state index contributed by atoms with van der Waals surface area (Å²) in [6, 6.07) is 4.74. The summed E-state index contributed by atoms with van der Waals surface area (Å²) in [5, 5.41) is 3.10. The van der Waals surface area contributed by atoms with E-state index < -0.39 is 0 Å². The summed E-state index contributed by atoms with van der Waals surface area (Å²) in [7, 11) is 1.88. The van der Waals surface area contributed by atoms with Gasteiger partial charge < -0.3 is 10.2 Å². The van der Waals surface area contributed by atoms with E-state index in [1.54, 1.807) is 13.0 Å². The summed E-state index contributed by atoms with van der Waals surface area (Å²) in [5.74, 6) is -0.405. The van der Waals surface area contributed by atoms with Crippen LogP contribution >= 0.6 is 0 Å². The first-order valence-corrected chi connectivity index (χ1v) is 6.34. The van der Waals surface area contributed by atoms with Crippen LogP contribution in [-0.2, 0) is 0 Å². The lowest BCUT2D eigenvalue weighted by Crippen LogP contribution is -2.40. The van der Waals surface area contributed by atoms with Gasteiger partial charge in [-0.2, -0.15) is 0 Å². The first-order valence-electron chi connectivity index (χ1n) is 6.34. The number of hydrogen-bond acceptors (Lipinski definition) is 2. The predicted molar refractivity (Wildman–Crippen MR) is 69.1 cm³/mol. The number of nitrogens with one attached hydrogen (secondary N) is 1. The molecule has 0 radical (unpaired) electrons. The molecule has 0 aliphatic carbocycles. The fraction of sp³-hybridized carbons (Fsp3) is 0.500. The monoisotopic (exact) mass is 250 g/mol. The minimum Gasteiger partial charge on any atom is -0.334 e. The van der Waals surface area contributed by atoms with Crippen molar-refractivity contribution in [2.24, 2.45) is 0 Å². The molecule has 1 heterocycles. The molecule has 18 heavy (non-hydrogen) atoms. The molecule has 1 aromatic carbocycles. The highest BCUT2D eigenvalue weighted by molar-refractivity contribution is 5.94. The van der Waals surface area contributed by atoms with Crippen LogP contribution in [0, 0.1) is 12.7 Å². The summed E-state index contributed by atoms with van der Waals surface area (Å²) in [6.45, 7) is 3.36. The van der Waals surface area contributed by atoms with Crippen molar-refractivity contribution >= 4 is 5.91 Å². The Morgan fingerprint density at radius 2 is 2.28 bits per heavy atom. The molecule has 1 aliphatic rings. The fourth-order valence-electron chi connectivity index (χ4n) is 2.58. The van der Waals surface area contributed by atoms with Gasteiger partial charge in [0.2, 0.25) is 0 Å². The molecule has 0 aromatic heterocycles. The lowest BCUT2D eigenvalue weighted by molar-refractivity contribution is 0.0736. The van der Waals surface area contributed by atoms with Gasteiger partial charge in [0, 0.05) is 24.7 Å². The Morgan fingerprint density at radius 3 is 2.94 bits per heavy atom. The molecule has 1 aromatic rings. The summed E-state index contributed by atoms with van der Waals surface area (Å²) in [6.07, 6.45) is 2.03. The zero-order chi connectivity index (χ0) is 13.1. The van der Waals surface area contributed by atoms with E-state index in [1.165, 1.54) is 12.1 Å². The number of rotatable bonds is 3. The van der Waals surface area contributed by atoms with Gasteiger partial charge in [0.1, 0.15) is 5.82 Å². The van der Waals surface area contributed by atoms with Crippen LogP contribution in [0.3, 0.4) is 0 Å². The number of likely N-dealkylation sites (N-methyl/N-ethyl adjacent to an activating group) is 1. The van der Waals surface area contributed by atoms with Crippen LogP contribution < -0.4 is 5.32 Å². The number of hydrogen-bond donors (Lipinski definition) is 1. The van der Waals surface area contributed by atoms with Gasteiger partial charge in [-0.15, -0.1) is 0 Å². The van der Waals surface area contributed by atoms with Gasteiger partial charge in [0.05, 0.1) is 0 Å². The van der Waals surface area contributed by atoms with Crippen molar-refractivity contribution in [1.29, 1.82) is 0 Å². The van der Waals surface area contributed by atoms with Crippen LogP contribution in [0.15, 0.2) is 18.2 Å². The van der Waals surface area contributed by atoms with Gasteiger partial charge >= 0.3 is 0 Å². The summed E-state index contributed by atoms with van der Waals surface area (Å²) in [5.41, 5.74) is 1.23. The van der Waals surface area contributed by atoms with E-state index in [0.29, 0.717) is 5.56 Å². The Morgan fingerprint density at radius 1 is 1.50 bits per heavy atom. The topological polar surface area (TPSA) is 32.3 Å². The molecule has 2 rings (SSSR count). The first-order chi connectivity index (χ1) is 8.61. The van der Waals surface area contributed by atoms with Gasteiger partial charge in [0.15, 0.2) is 0 Å². The van der Waals surface area contributed by atoms with Crippen LogP contribution in [0.5, 0.6) is 0 Å². The molecule has 1 atom stereocenters. The van der Waals surface area contributed by atoms with Crippen molar-refractivity contribution in [1.82, 2.24) is 10.2 Å². The van der Waals surface area contributed by atoms with E-state index in [4.69, 9.17) is 0 Å². The summed E-state index contributed by atoms with van der Waals surface area (Å²) < 4.78 is 13.3. The van der Waals surface area contributed by atoms with Crippen molar-refractivity contribution in [2.45, 2.75) is 25.8 Å². The largest absolute Gasteiger partial charge is 0.334 e. The first kappa shape index (κ1) is 13.0. The number of carbonyl (C=O) groups is 1. The minimum absolute atomic E-state index is 0.0599. The highest BCUT2D eigenvalue weighted by atomic mass is 19.1. The number of halogens is 1. The van der Waals surface area contributed by atoms with Crippen molar-refractivity contribution in [3.8, 4) is 0 Å². The molecule has 1 fully saturated rings. The Labute approximate surface area is 107 Å². The molecule has 1 saturated heterocycles. The van der Waals surface area contributed by atoms with E-state index in [1.807, 2.05) is 11.9 Å². The highest BCUT2D eigenvalue weighted by Gasteiger charge is 2.28. The van der Waals surface area contributed by atoms with Gasteiger partial charge in [0.25, 0.3) is 5.91 Å². The number of aryl methyl sites for hydroxylation is 1. The number of likely N-dealkylation sites (tertiary alicyclic amines) is 1. The standard InChI is InChI=1S/C14H19FN2O/c1-10-6-11(8-12(15)7-10)14(18)17-5-3-4-13(17)9-16-2/h6-8,13,16H,3-5,9H2,1-2H3. The molecule has 1 N–H and O–H groups in total. The van der Waals surface area contributed by atoms with E-state index in [9.17, 15) is 9.18 Å². The Hall–Kier alpha value is -1.42. The SMILES string of the molecule is CNCC1CCCN1C(=O)c1cc(C)cc(F)c1. The van der Waals surface area contributed by atoms with Crippen LogP contribution in [0.4, 0.5) is 4.39 Å². The molecule has 0 bridgehead atoms. The second-order valence-electron chi connectivity index (χ2n) is 4.87. The molecule has 1 unspecified atom stereocenters. The molecular formula is C14H19FN2O. The molecule has 0 spiro atoms. The maximum absolute atomic E-state index is 13.3. The quantitative estimate of drug-likeness (QED) is 0.889. The summed E-state index contributed by atoms with van der Waals surface area (Å²) in [4.78, 5) is 14.2. The zero-order valence-corrected chi connectivity index (χ0v) is 10.9. The number of carbonyl (C=O) groups excluding carboxylic acids is 1. The molecule has 98 valence electrons. The maximum Gasteiger partial charge on any atom is 0.254 e. The predicted octanol–water partition coefficient (Wildman–Crippen LogP) is 1.96.